The van der Waals surface area contributed by atoms with Gasteiger partial charge in [0.2, 0.25) is 0 Å². The largest absolute Gasteiger partial charge is 0.389 e. The van der Waals surface area contributed by atoms with Crippen LogP contribution < -0.4 is 0 Å². The van der Waals surface area contributed by atoms with E-state index in [0.29, 0.717) is 11.1 Å². The Morgan fingerprint density at radius 3 is 2.57 bits per heavy atom. The van der Waals surface area contributed by atoms with Crippen molar-refractivity contribution < 1.29 is 18.1 Å². The molecule has 2 N–H and O–H groups in total. The first-order valence-corrected chi connectivity index (χ1v) is 5.71. The first kappa shape index (κ1) is 11.2. The Morgan fingerprint density at radius 2 is 2.07 bits per heavy atom. The van der Waals surface area contributed by atoms with Gasteiger partial charge in [0.1, 0.15) is 5.75 Å². The highest BCUT2D eigenvalue weighted by Crippen LogP contribution is 2.14. The van der Waals surface area contributed by atoms with Crippen molar-refractivity contribution >= 4 is 10.1 Å². The molecule has 1 rings (SSSR count). The van der Waals surface area contributed by atoms with E-state index in [1.165, 1.54) is 0 Å². The fraction of sp³-hybridized carbons (Fsp3) is 0.333. The van der Waals surface area contributed by atoms with Crippen LogP contribution in [-0.2, 0) is 15.9 Å². The molecule has 0 aliphatic carbocycles. The van der Waals surface area contributed by atoms with E-state index in [2.05, 4.69) is 0 Å². The van der Waals surface area contributed by atoms with Crippen molar-refractivity contribution in [1.29, 1.82) is 0 Å². The third-order valence-corrected chi connectivity index (χ3v) is 2.48. The molecule has 1 atom stereocenters. The van der Waals surface area contributed by atoms with Gasteiger partial charge < -0.3 is 5.11 Å². The second-order valence-electron chi connectivity index (χ2n) is 3.15. The highest BCUT2D eigenvalue weighted by atomic mass is 32.2. The third kappa shape index (κ3) is 3.45. The van der Waals surface area contributed by atoms with Gasteiger partial charge in [-0.15, -0.1) is 0 Å². The van der Waals surface area contributed by atoms with Crippen LogP contribution in [0.5, 0.6) is 0 Å². The van der Waals surface area contributed by atoms with E-state index in [1.54, 1.807) is 31.2 Å². The Morgan fingerprint density at radius 1 is 1.43 bits per heavy atom. The van der Waals surface area contributed by atoms with Crippen LogP contribution in [0.15, 0.2) is 24.3 Å². The predicted octanol–water partition coefficient (Wildman–Crippen LogP) is 1.13. The zero-order valence-electron chi connectivity index (χ0n) is 7.71. The number of benzene rings is 1. The summed E-state index contributed by atoms with van der Waals surface area (Å²) in [5.41, 5.74) is 1.09. The predicted molar refractivity (Wildman–Crippen MR) is 52.3 cm³/mol. The Bertz CT molecular complexity index is 409. The molecule has 0 amide bonds. The Hall–Kier alpha value is -0.910. The van der Waals surface area contributed by atoms with Gasteiger partial charge in [-0.05, 0) is 18.1 Å². The van der Waals surface area contributed by atoms with Crippen molar-refractivity contribution in [2.24, 2.45) is 0 Å². The first-order chi connectivity index (χ1) is 6.38. The molecule has 0 fully saturated rings. The highest BCUT2D eigenvalue weighted by Gasteiger charge is 2.08. The summed E-state index contributed by atoms with van der Waals surface area (Å²) >= 11 is 0. The number of rotatable bonds is 3. The van der Waals surface area contributed by atoms with Crippen molar-refractivity contribution in [3.63, 3.8) is 0 Å². The summed E-state index contributed by atoms with van der Waals surface area (Å²) in [6.45, 7) is 1.59. The van der Waals surface area contributed by atoms with Gasteiger partial charge in [0, 0.05) is 0 Å². The number of hydrogen-bond acceptors (Lipinski definition) is 3. The molecule has 0 bridgehead atoms. The lowest BCUT2D eigenvalue weighted by molar-refractivity contribution is 0.199. The van der Waals surface area contributed by atoms with Gasteiger partial charge in [-0.1, -0.05) is 24.3 Å². The van der Waals surface area contributed by atoms with Gasteiger partial charge in [0.05, 0.1) is 6.10 Å². The van der Waals surface area contributed by atoms with Crippen molar-refractivity contribution in [3.8, 4) is 0 Å². The zero-order valence-corrected chi connectivity index (χ0v) is 8.53. The Balaban J connectivity index is 2.95. The van der Waals surface area contributed by atoms with Gasteiger partial charge in [-0.25, -0.2) is 0 Å². The quantitative estimate of drug-likeness (QED) is 0.743. The van der Waals surface area contributed by atoms with E-state index < -0.39 is 22.0 Å². The van der Waals surface area contributed by atoms with Crippen LogP contribution in [0.4, 0.5) is 0 Å². The average Bonchev–Trinajstić information content (AvgIpc) is 2.01. The SMILES string of the molecule is C[C@@H](O)c1cccc(CS(=O)(=O)O)c1. The van der Waals surface area contributed by atoms with Crippen LogP contribution in [0, 0.1) is 0 Å². The number of aliphatic hydroxyl groups excluding tert-OH is 1. The lowest BCUT2D eigenvalue weighted by atomic mass is 10.1. The van der Waals surface area contributed by atoms with Crippen LogP contribution >= 0.6 is 0 Å². The molecule has 0 aliphatic heterocycles. The maximum absolute atomic E-state index is 10.6. The van der Waals surface area contributed by atoms with Crippen LogP contribution in [0.1, 0.15) is 24.2 Å². The molecule has 0 saturated heterocycles. The molecule has 0 heterocycles. The summed E-state index contributed by atoms with van der Waals surface area (Å²) in [4.78, 5) is 0. The van der Waals surface area contributed by atoms with E-state index in [0.717, 1.165) is 0 Å². The minimum Gasteiger partial charge on any atom is -0.389 e. The molecule has 1 aromatic carbocycles. The second kappa shape index (κ2) is 4.08. The van der Waals surface area contributed by atoms with E-state index in [-0.39, 0.29) is 0 Å². The van der Waals surface area contributed by atoms with Crippen molar-refractivity contribution in [1.82, 2.24) is 0 Å². The smallest absolute Gasteiger partial charge is 0.269 e. The third-order valence-electron chi connectivity index (χ3n) is 1.78. The fourth-order valence-electron chi connectivity index (χ4n) is 1.15. The van der Waals surface area contributed by atoms with E-state index >= 15 is 0 Å². The topological polar surface area (TPSA) is 74.6 Å². The number of hydrogen-bond donors (Lipinski definition) is 2. The summed E-state index contributed by atoms with van der Waals surface area (Å²) in [5, 5.41) is 9.23. The van der Waals surface area contributed by atoms with Crippen molar-refractivity contribution in [2.75, 3.05) is 0 Å². The summed E-state index contributed by atoms with van der Waals surface area (Å²) in [7, 11) is -4.00. The Labute approximate surface area is 82.9 Å². The maximum Gasteiger partial charge on any atom is 0.269 e. The molecule has 4 nitrogen and oxygen atoms in total. The summed E-state index contributed by atoms with van der Waals surface area (Å²) in [6.07, 6.45) is -0.642. The molecule has 1 aromatic rings. The lowest BCUT2D eigenvalue weighted by Gasteiger charge is -2.06. The van der Waals surface area contributed by atoms with Gasteiger partial charge in [-0.3, -0.25) is 4.55 Å². The van der Waals surface area contributed by atoms with Gasteiger partial charge >= 0.3 is 0 Å². The molecule has 0 aromatic heterocycles. The molecule has 0 saturated carbocycles. The minimum absolute atomic E-state index is 0.423. The van der Waals surface area contributed by atoms with Crippen molar-refractivity contribution in [2.45, 2.75) is 18.8 Å². The summed E-state index contributed by atoms with van der Waals surface area (Å²) < 4.78 is 29.8. The molecule has 14 heavy (non-hydrogen) atoms. The summed E-state index contributed by atoms with van der Waals surface area (Å²) in [6, 6.07) is 6.47. The molecule has 5 heteroatoms. The van der Waals surface area contributed by atoms with Gasteiger partial charge in [0.15, 0.2) is 0 Å². The molecule has 78 valence electrons. The van der Waals surface area contributed by atoms with Crippen LogP contribution in [0.3, 0.4) is 0 Å². The monoisotopic (exact) mass is 216 g/mol. The van der Waals surface area contributed by atoms with Crippen molar-refractivity contribution in [3.05, 3.63) is 35.4 Å². The van der Waals surface area contributed by atoms with E-state index in [1.807, 2.05) is 0 Å². The van der Waals surface area contributed by atoms with E-state index in [4.69, 9.17) is 4.55 Å². The molecule has 0 aliphatic rings. The summed E-state index contributed by atoms with van der Waals surface area (Å²) in [5.74, 6) is -0.423. The molecule has 0 spiro atoms. The van der Waals surface area contributed by atoms with Crippen LogP contribution in [0.2, 0.25) is 0 Å². The molecule has 0 unspecified atom stereocenters. The zero-order chi connectivity index (χ0) is 10.8. The maximum atomic E-state index is 10.6. The van der Waals surface area contributed by atoms with Gasteiger partial charge in [-0.2, -0.15) is 8.42 Å². The molecule has 0 radical (unpaired) electrons. The standard InChI is InChI=1S/C9H12O4S/c1-7(10)9-4-2-3-8(5-9)6-14(11,12)13/h2-5,7,10H,6H2,1H3,(H,11,12,13)/t7-/m1/s1. The highest BCUT2D eigenvalue weighted by molar-refractivity contribution is 7.85. The fourth-order valence-corrected chi connectivity index (χ4v) is 1.75. The van der Waals surface area contributed by atoms with Crippen LogP contribution in [-0.4, -0.2) is 18.1 Å². The van der Waals surface area contributed by atoms with Crippen LogP contribution in [0.25, 0.3) is 0 Å². The van der Waals surface area contributed by atoms with Gasteiger partial charge in [0.25, 0.3) is 10.1 Å². The minimum atomic E-state index is -4.00. The second-order valence-corrected chi connectivity index (χ2v) is 4.60. The first-order valence-electron chi connectivity index (χ1n) is 4.10. The Kier molecular flexibility index (Phi) is 3.25. The number of aliphatic hydroxyl groups is 1. The molecular formula is C9H12O4S. The average molecular weight is 216 g/mol. The molecular weight excluding hydrogens is 204 g/mol. The normalized spacial score (nSPS) is 13.9. The van der Waals surface area contributed by atoms with E-state index in [9.17, 15) is 13.5 Å². The lowest BCUT2D eigenvalue weighted by Crippen LogP contribution is -2.02.